The Labute approximate surface area is 132 Å². The molecule has 1 aromatic carbocycles. The summed E-state index contributed by atoms with van der Waals surface area (Å²) >= 11 is 1.80. The smallest absolute Gasteiger partial charge is 0.326 e. The van der Waals surface area contributed by atoms with Crippen LogP contribution in [0.1, 0.15) is 39.2 Å². The minimum Gasteiger partial charge on any atom is -0.465 e. The molecule has 0 aromatic heterocycles. The third-order valence-corrected chi connectivity index (χ3v) is 4.62. The van der Waals surface area contributed by atoms with E-state index in [0.29, 0.717) is 6.61 Å². The Balaban J connectivity index is 2.60. The second-order valence-electron chi connectivity index (χ2n) is 5.34. The Bertz CT molecular complexity index is 450. The zero-order valence-electron chi connectivity index (χ0n) is 13.6. The Kier molecular flexibility index (Phi) is 7.83. The van der Waals surface area contributed by atoms with Crippen molar-refractivity contribution in [3.8, 4) is 0 Å². The highest BCUT2D eigenvalue weighted by Gasteiger charge is 2.33. The van der Waals surface area contributed by atoms with Gasteiger partial charge in [-0.2, -0.15) is 0 Å². The van der Waals surface area contributed by atoms with Gasteiger partial charge in [-0.3, -0.25) is 4.79 Å². The molecule has 0 spiro atoms. The number of nitrogens with one attached hydrogen (secondary N) is 1. The van der Waals surface area contributed by atoms with Crippen LogP contribution in [0.2, 0.25) is 0 Å². The van der Waals surface area contributed by atoms with Crippen LogP contribution in [0.25, 0.3) is 0 Å². The third kappa shape index (κ3) is 5.71. The molecule has 1 rings (SSSR count). The van der Waals surface area contributed by atoms with Gasteiger partial charge in [0, 0.05) is 10.6 Å². The molecular weight excluding hydrogens is 282 g/mol. The molecule has 1 atom stereocenters. The summed E-state index contributed by atoms with van der Waals surface area (Å²) in [6, 6.07) is 8.34. The van der Waals surface area contributed by atoms with E-state index in [9.17, 15) is 4.79 Å². The quantitative estimate of drug-likeness (QED) is 0.556. The Morgan fingerprint density at radius 1 is 1.33 bits per heavy atom. The van der Waals surface area contributed by atoms with Crippen molar-refractivity contribution in [1.82, 2.24) is 5.32 Å². The summed E-state index contributed by atoms with van der Waals surface area (Å²) in [6.07, 6.45) is 1.75. The van der Waals surface area contributed by atoms with Gasteiger partial charge in [-0.15, -0.1) is 11.8 Å². The van der Waals surface area contributed by atoms with Crippen LogP contribution in [0.4, 0.5) is 0 Å². The predicted molar refractivity (Wildman–Crippen MR) is 89.9 cm³/mol. The van der Waals surface area contributed by atoms with Crippen molar-refractivity contribution in [1.29, 1.82) is 0 Å². The first kappa shape index (κ1) is 18.1. The molecule has 1 aromatic rings. The first-order valence-electron chi connectivity index (χ1n) is 7.64. The normalized spacial score (nSPS) is 13.7. The van der Waals surface area contributed by atoms with Crippen LogP contribution in [0, 0.1) is 6.92 Å². The van der Waals surface area contributed by atoms with E-state index < -0.39 is 5.54 Å². The lowest BCUT2D eigenvalue weighted by Crippen LogP contribution is -2.51. The van der Waals surface area contributed by atoms with E-state index in [4.69, 9.17) is 4.74 Å². The number of carbonyl (C=O) groups is 1. The summed E-state index contributed by atoms with van der Waals surface area (Å²) in [4.78, 5) is 13.5. The summed E-state index contributed by atoms with van der Waals surface area (Å²) < 4.78 is 5.22. The van der Waals surface area contributed by atoms with E-state index in [1.807, 2.05) is 19.9 Å². The van der Waals surface area contributed by atoms with E-state index in [0.717, 1.165) is 25.1 Å². The number of hydrogen-bond donors (Lipinski definition) is 1. The fraction of sp³-hybridized carbons (Fsp3) is 0.588. The van der Waals surface area contributed by atoms with Crippen molar-refractivity contribution in [2.45, 2.75) is 51.0 Å². The molecule has 0 amide bonds. The summed E-state index contributed by atoms with van der Waals surface area (Å²) in [6.45, 7) is 9.25. The highest BCUT2D eigenvalue weighted by molar-refractivity contribution is 7.99. The lowest BCUT2D eigenvalue weighted by molar-refractivity contribution is -0.150. The molecule has 118 valence electrons. The Morgan fingerprint density at radius 3 is 2.67 bits per heavy atom. The number of ether oxygens (including phenoxy) is 1. The predicted octanol–water partition coefficient (Wildman–Crippen LogP) is 3.80. The molecule has 0 aliphatic heterocycles. The minimum atomic E-state index is -0.596. The summed E-state index contributed by atoms with van der Waals surface area (Å²) in [5.41, 5.74) is 0.684. The Hall–Kier alpha value is -1.00. The molecule has 1 unspecified atom stereocenters. The van der Waals surface area contributed by atoms with Gasteiger partial charge in [0.15, 0.2) is 0 Å². The first-order valence-corrected chi connectivity index (χ1v) is 8.62. The summed E-state index contributed by atoms with van der Waals surface area (Å²) in [5.74, 6) is 0.737. The molecule has 0 fully saturated rings. The number of hydrogen-bond acceptors (Lipinski definition) is 4. The van der Waals surface area contributed by atoms with Crippen LogP contribution >= 0.6 is 11.8 Å². The molecule has 21 heavy (non-hydrogen) atoms. The van der Waals surface area contributed by atoms with Crippen molar-refractivity contribution in [3.63, 3.8) is 0 Å². The highest BCUT2D eigenvalue weighted by Crippen LogP contribution is 2.25. The van der Waals surface area contributed by atoms with Crippen LogP contribution in [0.5, 0.6) is 0 Å². The average molecular weight is 309 g/mol. The molecule has 1 N–H and O–H groups in total. The zero-order chi connectivity index (χ0) is 15.7. The molecule has 3 nitrogen and oxygen atoms in total. The van der Waals surface area contributed by atoms with Gasteiger partial charge in [-0.25, -0.2) is 0 Å². The van der Waals surface area contributed by atoms with Gasteiger partial charge >= 0.3 is 5.97 Å². The van der Waals surface area contributed by atoms with Gasteiger partial charge in [0.05, 0.1) is 6.61 Å². The molecule has 0 heterocycles. The summed E-state index contributed by atoms with van der Waals surface area (Å²) in [7, 11) is 0. The van der Waals surface area contributed by atoms with Crippen LogP contribution in [-0.4, -0.2) is 30.4 Å². The largest absolute Gasteiger partial charge is 0.465 e. The van der Waals surface area contributed by atoms with Crippen molar-refractivity contribution in [2.75, 3.05) is 18.9 Å². The lowest BCUT2D eigenvalue weighted by Gasteiger charge is -2.28. The topological polar surface area (TPSA) is 38.3 Å². The standard InChI is InChI=1S/C17H27NO2S/c1-5-12-18-17(4,16(19)20-6-2)11-13-21-15-10-8-7-9-14(15)3/h7-10,18H,5-6,11-13H2,1-4H3. The highest BCUT2D eigenvalue weighted by atomic mass is 32.2. The van der Waals surface area contributed by atoms with Crippen LogP contribution < -0.4 is 5.32 Å². The third-order valence-electron chi connectivity index (χ3n) is 3.44. The SMILES string of the molecule is CCCNC(C)(CCSc1ccccc1C)C(=O)OCC. The molecule has 0 radical (unpaired) electrons. The van der Waals surface area contributed by atoms with E-state index in [1.54, 1.807) is 11.8 Å². The van der Waals surface area contributed by atoms with Gasteiger partial charge in [0.25, 0.3) is 0 Å². The molecule has 0 aliphatic carbocycles. The van der Waals surface area contributed by atoms with Crippen LogP contribution in [-0.2, 0) is 9.53 Å². The zero-order valence-corrected chi connectivity index (χ0v) is 14.4. The van der Waals surface area contributed by atoms with E-state index in [-0.39, 0.29) is 5.97 Å². The average Bonchev–Trinajstić information content (AvgIpc) is 2.47. The van der Waals surface area contributed by atoms with Gasteiger partial charge in [-0.1, -0.05) is 25.1 Å². The molecule has 0 saturated heterocycles. The molecule has 0 aliphatic rings. The Morgan fingerprint density at radius 2 is 2.05 bits per heavy atom. The fourth-order valence-electron chi connectivity index (χ4n) is 2.04. The van der Waals surface area contributed by atoms with Crippen molar-refractivity contribution < 1.29 is 9.53 Å². The van der Waals surface area contributed by atoms with Crippen molar-refractivity contribution in [2.24, 2.45) is 0 Å². The number of esters is 1. The molecule has 0 saturated carbocycles. The number of aryl methyl sites for hydroxylation is 1. The van der Waals surface area contributed by atoms with Gasteiger partial charge in [-0.05, 0) is 51.8 Å². The minimum absolute atomic E-state index is 0.149. The van der Waals surface area contributed by atoms with Gasteiger partial charge in [0.2, 0.25) is 0 Å². The van der Waals surface area contributed by atoms with E-state index in [2.05, 4.69) is 37.4 Å². The summed E-state index contributed by atoms with van der Waals surface area (Å²) in [5, 5.41) is 3.34. The first-order chi connectivity index (χ1) is 10.0. The number of rotatable bonds is 9. The maximum atomic E-state index is 12.2. The van der Waals surface area contributed by atoms with Gasteiger partial charge < -0.3 is 10.1 Å². The molecule has 0 bridgehead atoms. The van der Waals surface area contributed by atoms with Gasteiger partial charge in [0.1, 0.15) is 5.54 Å². The van der Waals surface area contributed by atoms with Crippen LogP contribution in [0.15, 0.2) is 29.2 Å². The monoisotopic (exact) mass is 309 g/mol. The lowest BCUT2D eigenvalue weighted by atomic mass is 9.99. The maximum Gasteiger partial charge on any atom is 0.326 e. The van der Waals surface area contributed by atoms with Crippen molar-refractivity contribution >= 4 is 17.7 Å². The molecule has 4 heteroatoms. The van der Waals surface area contributed by atoms with Crippen molar-refractivity contribution in [3.05, 3.63) is 29.8 Å². The number of carbonyl (C=O) groups excluding carboxylic acids is 1. The second-order valence-corrected chi connectivity index (χ2v) is 6.48. The number of thioether (sulfide) groups is 1. The van der Waals surface area contributed by atoms with E-state index >= 15 is 0 Å². The number of benzene rings is 1. The fourth-order valence-corrected chi connectivity index (χ4v) is 3.24. The van der Waals surface area contributed by atoms with Crippen LogP contribution in [0.3, 0.4) is 0 Å². The van der Waals surface area contributed by atoms with E-state index in [1.165, 1.54) is 10.5 Å². The second kappa shape index (κ2) is 9.11. The maximum absolute atomic E-state index is 12.2. The molecular formula is C17H27NO2S.